The lowest BCUT2D eigenvalue weighted by Crippen LogP contribution is -2.41. The summed E-state index contributed by atoms with van der Waals surface area (Å²) in [7, 11) is 0. The summed E-state index contributed by atoms with van der Waals surface area (Å²) in [5.74, 6) is 1.26. The first-order valence-electron chi connectivity index (χ1n) is 8.44. The lowest BCUT2D eigenvalue weighted by atomic mass is 9.85. The maximum Gasteiger partial charge on any atom is 0.226 e. The molecule has 0 bridgehead atoms. The Labute approximate surface area is 144 Å². The minimum absolute atomic E-state index is 0. The van der Waals surface area contributed by atoms with Gasteiger partial charge in [-0.05, 0) is 55.7 Å². The molecule has 2 fully saturated rings. The first-order valence-corrected chi connectivity index (χ1v) is 8.44. The number of rotatable bonds is 5. The Hall–Kier alpha value is -1.26. The number of carbonyl (C=O) groups is 1. The number of aromatic hydroxyl groups is 1. The number of hydrogen-bond donors (Lipinski definition) is 2. The van der Waals surface area contributed by atoms with Gasteiger partial charge in [-0.1, -0.05) is 18.6 Å². The SMILES string of the molecule is Cl.NC1CCCC(C(=O)N(Cc2cccc(O)c2)CC2CC2)C1. The van der Waals surface area contributed by atoms with Crippen molar-refractivity contribution in [3.8, 4) is 5.75 Å². The standard InChI is InChI=1S/C18H26N2O2.ClH/c19-16-5-2-4-15(10-16)18(22)20(11-13-7-8-13)12-14-3-1-6-17(21)9-14;/h1,3,6,9,13,15-16,21H,2,4-5,7-8,10-12,19H2;1H. The van der Waals surface area contributed by atoms with Gasteiger partial charge in [0, 0.05) is 25.0 Å². The van der Waals surface area contributed by atoms with Crippen LogP contribution in [0.1, 0.15) is 44.1 Å². The van der Waals surface area contributed by atoms with Gasteiger partial charge in [0.1, 0.15) is 5.75 Å². The Morgan fingerprint density at radius 3 is 2.70 bits per heavy atom. The number of amides is 1. The van der Waals surface area contributed by atoms with Crippen LogP contribution in [0.5, 0.6) is 5.75 Å². The second kappa shape index (κ2) is 8.02. The Kier molecular flexibility index (Phi) is 6.31. The molecule has 128 valence electrons. The van der Waals surface area contributed by atoms with Crippen molar-refractivity contribution in [2.24, 2.45) is 17.6 Å². The van der Waals surface area contributed by atoms with E-state index in [4.69, 9.17) is 5.73 Å². The molecule has 3 rings (SSSR count). The zero-order valence-electron chi connectivity index (χ0n) is 13.5. The van der Waals surface area contributed by atoms with Crippen LogP contribution >= 0.6 is 12.4 Å². The number of phenolic OH excluding ortho intramolecular Hbond substituents is 1. The number of nitrogens with two attached hydrogens (primary N) is 1. The lowest BCUT2D eigenvalue weighted by molar-refractivity contribution is -0.137. The van der Waals surface area contributed by atoms with E-state index in [0.29, 0.717) is 12.5 Å². The van der Waals surface area contributed by atoms with Crippen molar-refractivity contribution in [2.75, 3.05) is 6.54 Å². The van der Waals surface area contributed by atoms with Gasteiger partial charge in [-0.2, -0.15) is 0 Å². The molecule has 2 saturated carbocycles. The van der Waals surface area contributed by atoms with Gasteiger partial charge in [-0.25, -0.2) is 0 Å². The Morgan fingerprint density at radius 2 is 2.04 bits per heavy atom. The minimum atomic E-state index is 0. The minimum Gasteiger partial charge on any atom is -0.508 e. The van der Waals surface area contributed by atoms with Crippen molar-refractivity contribution in [2.45, 2.75) is 51.1 Å². The van der Waals surface area contributed by atoms with Gasteiger partial charge in [-0.15, -0.1) is 12.4 Å². The van der Waals surface area contributed by atoms with E-state index in [1.165, 1.54) is 12.8 Å². The van der Waals surface area contributed by atoms with Gasteiger partial charge in [0.2, 0.25) is 5.91 Å². The highest BCUT2D eigenvalue weighted by molar-refractivity contribution is 5.85. The zero-order valence-corrected chi connectivity index (χ0v) is 14.3. The molecule has 2 aliphatic carbocycles. The van der Waals surface area contributed by atoms with Gasteiger partial charge in [0.25, 0.3) is 0 Å². The average Bonchev–Trinajstić information content (AvgIpc) is 3.30. The molecule has 0 saturated heterocycles. The second-order valence-electron chi connectivity index (χ2n) is 6.96. The fourth-order valence-corrected chi connectivity index (χ4v) is 3.43. The fourth-order valence-electron chi connectivity index (χ4n) is 3.43. The summed E-state index contributed by atoms with van der Waals surface area (Å²) in [6, 6.07) is 7.39. The molecule has 0 spiro atoms. The molecule has 2 aliphatic rings. The van der Waals surface area contributed by atoms with Crippen LogP contribution in [0, 0.1) is 11.8 Å². The predicted molar refractivity (Wildman–Crippen MR) is 93.4 cm³/mol. The highest BCUT2D eigenvalue weighted by Gasteiger charge is 2.32. The monoisotopic (exact) mass is 338 g/mol. The molecule has 0 aromatic heterocycles. The summed E-state index contributed by atoms with van der Waals surface area (Å²) in [5, 5.41) is 9.62. The Bertz CT molecular complexity index is 534. The van der Waals surface area contributed by atoms with Gasteiger partial charge >= 0.3 is 0 Å². The largest absolute Gasteiger partial charge is 0.508 e. The average molecular weight is 339 g/mol. The Morgan fingerprint density at radius 1 is 1.26 bits per heavy atom. The smallest absolute Gasteiger partial charge is 0.226 e. The molecule has 0 aliphatic heterocycles. The van der Waals surface area contributed by atoms with Crippen LogP contribution in [0.4, 0.5) is 0 Å². The summed E-state index contributed by atoms with van der Waals surface area (Å²) in [5.41, 5.74) is 7.04. The molecule has 2 unspecified atom stereocenters. The van der Waals surface area contributed by atoms with Crippen molar-refractivity contribution < 1.29 is 9.90 Å². The molecular weight excluding hydrogens is 312 g/mol. The van der Waals surface area contributed by atoms with E-state index < -0.39 is 0 Å². The van der Waals surface area contributed by atoms with E-state index in [2.05, 4.69) is 0 Å². The molecule has 2 atom stereocenters. The van der Waals surface area contributed by atoms with Crippen LogP contribution in [0.2, 0.25) is 0 Å². The molecule has 0 heterocycles. The van der Waals surface area contributed by atoms with Gasteiger partial charge in [-0.3, -0.25) is 4.79 Å². The third-order valence-electron chi connectivity index (χ3n) is 4.84. The Balaban J connectivity index is 0.00000192. The summed E-state index contributed by atoms with van der Waals surface area (Å²) in [6.45, 7) is 1.44. The van der Waals surface area contributed by atoms with Crippen molar-refractivity contribution in [1.29, 1.82) is 0 Å². The van der Waals surface area contributed by atoms with Crippen LogP contribution in [-0.4, -0.2) is 28.5 Å². The van der Waals surface area contributed by atoms with E-state index in [1.54, 1.807) is 12.1 Å². The maximum atomic E-state index is 12.9. The fraction of sp³-hybridized carbons (Fsp3) is 0.611. The zero-order chi connectivity index (χ0) is 15.5. The molecule has 1 aromatic carbocycles. The lowest BCUT2D eigenvalue weighted by Gasteiger charge is -2.31. The number of nitrogens with zero attached hydrogens (tertiary/aromatic N) is 1. The van der Waals surface area contributed by atoms with Crippen LogP contribution in [0.25, 0.3) is 0 Å². The highest BCUT2D eigenvalue weighted by Crippen LogP contribution is 2.32. The van der Waals surface area contributed by atoms with Gasteiger partial charge in [0.15, 0.2) is 0 Å². The summed E-state index contributed by atoms with van der Waals surface area (Å²) >= 11 is 0. The number of benzene rings is 1. The normalized spacial score (nSPS) is 23.9. The first kappa shape index (κ1) is 18.1. The molecule has 3 N–H and O–H groups in total. The van der Waals surface area contributed by atoms with Crippen LogP contribution < -0.4 is 5.73 Å². The number of hydrogen-bond acceptors (Lipinski definition) is 3. The second-order valence-corrected chi connectivity index (χ2v) is 6.96. The molecule has 1 aromatic rings. The molecular formula is C18H27ClN2O2. The first-order chi connectivity index (χ1) is 10.6. The van der Waals surface area contributed by atoms with Crippen LogP contribution in [0.15, 0.2) is 24.3 Å². The predicted octanol–water partition coefficient (Wildman–Crippen LogP) is 3.07. The van der Waals surface area contributed by atoms with E-state index in [9.17, 15) is 9.90 Å². The third-order valence-corrected chi connectivity index (χ3v) is 4.84. The van der Waals surface area contributed by atoms with Gasteiger partial charge < -0.3 is 15.7 Å². The van der Waals surface area contributed by atoms with E-state index in [1.807, 2.05) is 17.0 Å². The van der Waals surface area contributed by atoms with Crippen molar-refractivity contribution >= 4 is 18.3 Å². The van der Waals surface area contributed by atoms with Crippen molar-refractivity contribution in [3.63, 3.8) is 0 Å². The molecule has 5 heteroatoms. The molecule has 0 radical (unpaired) electrons. The highest BCUT2D eigenvalue weighted by atomic mass is 35.5. The van der Waals surface area contributed by atoms with Crippen molar-refractivity contribution in [1.82, 2.24) is 4.90 Å². The summed E-state index contributed by atoms with van der Waals surface area (Å²) in [6.07, 6.45) is 6.34. The maximum absolute atomic E-state index is 12.9. The topological polar surface area (TPSA) is 66.6 Å². The van der Waals surface area contributed by atoms with Gasteiger partial charge in [0.05, 0.1) is 0 Å². The molecule has 1 amide bonds. The number of phenols is 1. The number of carbonyl (C=O) groups excluding carboxylic acids is 1. The quantitative estimate of drug-likeness (QED) is 0.867. The van der Waals surface area contributed by atoms with Crippen molar-refractivity contribution in [3.05, 3.63) is 29.8 Å². The number of halogens is 1. The summed E-state index contributed by atoms with van der Waals surface area (Å²) < 4.78 is 0. The third kappa shape index (κ3) is 5.11. The van der Waals surface area contributed by atoms with E-state index >= 15 is 0 Å². The van der Waals surface area contributed by atoms with Crippen LogP contribution in [0.3, 0.4) is 0 Å². The van der Waals surface area contributed by atoms with Crippen LogP contribution in [-0.2, 0) is 11.3 Å². The van der Waals surface area contributed by atoms with E-state index in [-0.39, 0.29) is 36.0 Å². The molecule has 23 heavy (non-hydrogen) atoms. The summed E-state index contributed by atoms with van der Waals surface area (Å²) in [4.78, 5) is 14.9. The molecule has 4 nitrogen and oxygen atoms in total. The van der Waals surface area contributed by atoms with E-state index in [0.717, 1.165) is 37.8 Å².